The third kappa shape index (κ3) is 3.43. The van der Waals surface area contributed by atoms with E-state index < -0.39 is 4.92 Å². The zero-order chi connectivity index (χ0) is 13.1. The van der Waals surface area contributed by atoms with Crippen LogP contribution < -0.4 is 4.74 Å². The van der Waals surface area contributed by atoms with Crippen LogP contribution in [0, 0.1) is 10.1 Å². The van der Waals surface area contributed by atoms with Crippen LogP contribution in [-0.2, 0) is 0 Å². The van der Waals surface area contributed by atoms with Crippen molar-refractivity contribution in [3.63, 3.8) is 0 Å². The van der Waals surface area contributed by atoms with E-state index >= 15 is 0 Å². The van der Waals surface area contributed by atoms with Gasteiger partial charge in [0.15, 0.2) is 0 Å². The van der Waals surface area contributed by atoms with E-state index in [0.29, 0.717) is 10.2 Å². The van der Waals surface area contributed by atoms with Gasteiger partial charge in [-0.2, -0.15) is 0 Å². The highest BCUT2D eigenvalue weighted by molar-refractivity contribution is 9.10. The molecule has 1 rings (SSSR count). The van der Waals surface area contributed by atoms with Crippen LogP contribution in [0.25, 0.3) is 0 Å². The highest BCUT2D eigenvalue weighted by atomic mass is 79.9. The standard InChI is InChI=1S/C12H16BrNO3/c1-4-12(3,5-2)17-11-7-6-9(14(15)16)8-10(11)13/h6-8H,4-5H2,1-3H3. The van der Waals surface area contributed by atoms with E-state index in [4.69, 9.17) is 4.74 Å². The summed E-state index contributed by atoms with van der Waals surface area (Å²) in [5.41, 5.74) is -0.183. The van der Waals surface area contributed by atoms with Crippen LogP contribution in [0.5, 0.6) is 5.75 Å². The van der Waals surface area contributed by atoms with Crippen LogP contribution in [0.2, 0.25) is 0 Å². The molecule has 0 fully saturated rings. The van der Waals surface area contributed by atoms with Crippen LogP contribution in [0.4, 0.5) is 5.69 Å². The van der Waals surface area contributed by atoms with Gasteiger partial charge in [0.25, 0.3) is 5.69 Å². The van der Waals surface area contributed by atoms with Gasteiger partial charge in [0.05, 0.1) is 9.40 Å². The van der Waals surface area contributed by atoms with Crippen LogP contribution >= 0.6 is 15.9 Å². The summed E-state index contributed by atoms with van der Waals surface area (Å²) >= 11 is 3.30. The van der Waals surface area contributed by atoms with Crippen LogP contribution in [0.1, 0.15) is 33.6 Å². The minimum Gasteiger partial charge on any atom is -0.486 e. The molecule has 0 saturated heterocycles. The van der Waals surface area contributed by atoms with Gasteiger partial charge >= 0.3 is 0 Å². The molecule has 0 aliphatic carbocycles. The Hall–Kier alpha value is -1.10. The average Bonchev–Trinajstić information content (AvgIpc) is 2.31. The number of benzene rings is 1. The van der Waals surface area contributed by atoms with E-state index in [0.717, 1.165) is 12.8 Å². The molecule has 4 nitrogen and oxygen atoms in total. The number of nitro groups is 1. The maximum Gasteiger partial charge on any atom is 0.270 e. The van der Waals surface area contributed by atoms with Gasteiger partial charge in [0.2, 0.25) is 0 Å². The van der Waals surface area contributed by atoms with Crippen LogP contribution in [-0.4, -0.2) is 10.5 Å². The number of hydrogen-bond donors (Lipinski definition) is 0. The largest absolute Gasteiger partial charge is 0.486 e. The molecule has 0 atom stereocenters. The van der Waals surface area contributed by atoms with Gasteiger partial charge in [-0.25, -0.2) is 0 Å². The second-order valence-corrected chi connectivity index (χ2v) is 4.99. The van der Waals surface area contributed by atoms with Crippen molar-refractivity contribution < 1.29 is 9.66 Å². The number of nitrogens with zero attached hydrogens (tertiary/aromatic N) is 1. The van der Waals surface area contributed by atoms with E-state index in [2.05, 4.69) is 29.8 Å². The first-order valence-electron chi connectivity index (χ1n) is 5.55. The molecule has 94 valence electrons. The van der Waals surface area contributed by atoms with Gasteiger partial charge in [-0.3, -0.25) is 10.1 Å². The van der Waals surface area contributed by atoms with Crippen molar-refractivity contribution in [2.45, 2.75) is 39.2 Å². The van der Waals surface area contributed by atoms with Gasteiger partial charge in [-0.15, -0.1) is 0 Å². The molecule has 0 heterocycles. The van der Waals surface area contributed by atoms with Crippen LogP contribution in [0.3, 0.4) is 0 Å². The molecule has 17 heavy (non-hydrogen) atoms. The molecule has 0 spiro atoms. The van der Waals surface area contributed by atoms with Crippen molar-refractivity contribution in [3.05, 3.63) is 32.8 Å². The fourth-order valence-electron chi connectivity index (χ4n) is 1.35. The third-order valence-corrected chi connectivity index (χ3v) is 3.60. The lowest BCUT2D eigenvalue weighted by Gasteiger charge is -2.28. The monoisotopic (exact) mass is 301 g/mol. The van der Waals surface area contributed by atoms with Crippen molar-refractivity contribution in [2.75, 3.05) is 0 Å². The molecule has 0 amide bonds. The van der Waals surface area contributed by atoms with E-state index in [1.807, 2.05) is 6.92 Å². The zero-order valence-corrected chi connectivity index (χ0v) is 11.8. The van der Waals surface area contributed by atoms with Gasteiger partial charge < -0.3 is 4.74 Å². The number of non-ortho nitro benzene ring substituents is 1. The molecular weight excluding hydrogens is 286 g/mol. The van der Waals surface area contributed by atoms with Crippen LogP contribution in [0.15, 0.2) is 22.7 Å². The summed E-state index contributed by atoms with van der Waals surface area (Å²) in [5.74, 6) is 0.641. The van der Waals surface area contributed by atoms with Crippen molar-refractivity contribution in [1.82, 2.24) is 0 Å². The summed E-state index contributed by atoms with van der Waals surface area (Å²) in [5, 5.41) is 10.6. The smallest absolute Gasteiger partial charge is 0.270 e. The fourth-order valence-corrected chi connectivity index (χ4v) is 1.79. The van der Waals surface area contributed by atoms with E-state index in [1.54, 1.807) is 6.07 Å². The highest BCUT2D eigenvalue weighted by Gasteiger charge is 2.23. The first-order chi connectivity index (χ1) is 7.91. The number of rotatable bonds is 5. The van der Waals surface area contributed by atoms with Crippen molar-refractivity contribution in [1.29, 1.82) is 0 Å². The molecule has 0 aliphatic rings. The second-order valence-electron chi connectivity index (χ2n) is 4.13. The average molecular weight is 302 g/mol. The summed E-state index contributed by atoms with van der Waals surface area (Å²) in [4.78, 5) is 10.2. The van der Waals surface area contributed by atoms with Crippen molar-refractivity contribution in [2.24, 2.45) is 0 Å². The zero-order valence-electron chi connectivity index (χ0n) is 10.2. The lowest BCUT2D eigenvalue weighted by Crippen LogP contribution is -2.30. The Kier molecular flexibility index (Phi) is 4.51. The Morgan fingerprint density at radius 3 is 2.41 bits per heavy atom. The molecule has 1 aromatic carbocycles. The summed E-state index contributed by atoms with van der Waals surface area (Å²) < 4.78 is 6.51. The maximum absolute atomic E-state index is 10.6. The molecule has 0 radical (unpaired) electrons. The fraction of sp³-hybridized carbons (Fsp3) is 0.500. The second kappa shape index (κ2) is 5.49. The topological polar surface area (TPSA) is 52.4 Å². The SMILES string of the molecule is CCC(C)(CC)Oc1ccc([N+](=O)[O-])cc1Br. The van der Waals surface area contributed by atoms with Gasteiger partial charge in [0, 0.05) is 12.1 Å². The Morgan fingerprint density at radius 1 is 1.41 bits per heavy atom. The molecule has 1 aromatic rings. The predicted octanol–water partition coefficient (Wildman–Crippen LogP) is 4.31. The summed E-state index contributed by atoms with van der Waals surface area (Å²) in [6.45, 7) is 6.15. The van der Waals surface area contributed by atoms with Crippen molar-refractivity contribution >= 4 is 21.6 Å². The molecule has 0 bridgehead atoms. The molecule has 0 unspecified atom stereocenters. The molecule has 0 N–H and O–H groups in total. The first-order valence-corrected chi connectivity index (χ1v) is 6.34. The predicted molar refractivity (Wildman–Crippen MR) is 70.4 cm³/mol. The van der Waals surface area contributed by atoms with Crippen molar-refractivity contribution in [3.8, 4) is 5.75 Å². The quantitative estimate of drug-likeness (QED) is 0.601. The van der Waals surface area contributed by atoms with Gasteiger partial charge in [-0.05, 0) is 41.8 Å². The number of halogens is 1. The molecule has 0 aliphatic heterocycles. The summed E-state index contributed by atoms with van der Waals surface area (Å²) in [6, 6.07) is 4.54. The highest BCUT2D eigenvalue weighted by Crippen LogP contribution is 2.33. The number of nitro benzene ring substituents is 1. The summed E-state index contributed by atoms with van der Waals surface area (Å²) in [6.07, 6.45) is 1.76. The first kappa shape index (κ1) is 14.0. The van der Waals surface area contributed by atoms with Gasteiger partial charge in [-0.1, -0.05) is 13.8 Å². The number of hydrogen-bond acceptors (Lipinski definition) is 3. The van der Waals surface area contributed by atoms with E-state index in [9.17, 15) is 10.1 Å². The minimum absolute atomic E-state index is 0.0546. The normalized spacial score (nSPS) is 11.3. The molecule has 0 aromatic heterocycles. The lowest BCUT2D eigenvalue weighted by atomic mass is 10.00. The van der Waals surface area contributed by atoms with Gasteiger partial charge in [0.1, 0.15) is 11.4 Å². The maximum atomic E-state index is 10.6. The lowest BCUT2D eigenvalue weighted by molar-refractivity contribution is -0.385. The third-order valence-electron chi connectivity index (χ3n) is 2.98. The van der Waals surface area contributed by atoms with E-state index in [-0.39, 0.29) is 11.3 Å². The molecular formula is C12H16BrNO3. The molecule has 0 saturated carbocycles. The Bertz CT molecular complexity index is 416. The van der Waals surface area contributed by atoms with E-state index in [1.165, 1.54) is 12.1 Å². The summed E-state index contributed by atoms with van der Waals surface area (Å²) in [7, 11) is 0. The minimum atomic E-state index is -0.423. The Labute approximate surface area is 109 Å². The Balaban J connectivity index is 2.97. The number of ether oxygens (including phenoxy) is 1. The Morgan fingerprint density at radius 2 is 2.00 bits per heavy atom. The molecule has 5 heteroatoms.